The molecule has 82 valence electrons. The molecule has 15 heavy (non-hydrogen) atoms. The maximum atomic E-state index is 10.6. The zero-order valence-corrected chi connectivity index (χ0v) is 9.62. The van der Waals surface area contributed by atoms with Crippen LogP contribution in [0.4, 0.5) is 5.13 Å². The minimum Gasteiger partial charge on any atom is -0.481 e. The first-order valence-electron chi connectivity index (χ1n) is 5.01. The fourth-order valence-electron chi connectivity index (χ4n) is 1.48. The van der Waals surface area contributed by atoms with Gasteiger partial charge in [-0.2, -0.15) is 0 Å². The van der Waals surface area contributed by atoms with Crippen LogP contribution >= 0.6 is 11.3 Å². The van der Waals surface area contributed by atoms with Gasteiger partial charge in [-0.05, 0) is 5.92 Å². The van der Waals surface area contributed by atoms with Crippen molar-refractivity contribution in [1.82, 2.24) is 4.98 Å². The molecule has 0 amide bonds. The second-order valence-corrected chi connectivity index (χ2v) is 5.18. The van der Waals surface area contributed by atoms with Gasteiger partial charge in [0, 0.05) is 24.2 Å². The van der Waals surface area contributed by atoms with Crippen LogP contribution in [0.1, 0.15) is 24.6 Å². The smallest absolute Gasteiger partial charge is 0.310 e. The van der Waals surface area contributed by atoms with E-state index >= 15 is 0 Å². The lowest BCUT2D eigenvalue weighted by Gasteiger charge is -2.36. The molecule has 1 aromatic heterocycles. The number of anilines is 1. The van der Waals surface area contributed by atoms with Gasteiger partial charge in [0.05, 0.1) is 5.92 Å². The molecule has 4 nitrogen and oxygen atoms in total. The molecule has 0 aromatic carbocycles. The number of hydrogen-bond donors (Lipinski definition) is 1. The van der Waals surface area contributed by atoms with Crippen LogP contribution in [0.3, 0.4) is 0 Å². The van der Waals surface area contributed by atoms with E-state index in [9.17, 15) is 4.79 Å². The summed E-state index contributed by atoms with van der Waals surface area (Å²) in [4.78, 5) is 18.2. The second kappa shape index (κ2) is 3.81. The zero-order chi connectivity index (χ0) is 11.0. The standard InChI is InChI=1S/C10H14N2O2S/c1-6(2)8-3-11-10(15-8)12-4-7(5-12)9(13)14/h3,6-7H,4-5H2,1-2H3,(H,13,14). The Morgan fingerprint density at radius 3 is 2.80 bits per heavy atom. The summed E-state index contributed by atoms with van der Waals surface area (Å²) in [5, 5.41) is 9.70. The van der Waals surface area contributed by atoms with Gasteiger partial charge < -0.3 is 10.0 Å². The molecule has 0 radical (unpaired) electrons. The van der Waals surface area contributed by atoms with Crippen molar-refractivity contribution < 1.29 is 9.90 Å². The van der Waals surface area contributed by atoms with Gasteiger partial charge in [-0.1, -0.05) is 13.8 Å². The fraction of sp³-hybridized carbons (Fsp3) is 0.600. The Kier molecular flexibility index (Phi) is 2.65. The maximum Gasteiger partial charge on any atom is 0.310 e. The summed E-state index contributed by atoms with van der Waals surface area (Å²) in [6, 6.07) is 0. The van der Waals surface area contributed by atoms with Crippen molar-refractivity contribution >= 4 is 22.4 Å². The molecule has 2 rings (SSSR count). The highest BCUT2D eigenvalue weighted by Crippen LogP contribution is 2.31. The number of aliphatic carboxylic acids is 1. The summed E-state index contributed by atoms with van der Waals surface area (Å²) in [6.45, 7) is 5.46. The number of thiazole rings is 1. The average Bonchev–Trinajstić information content (AvgIpc) is 2.49. The summed E-state index contributed by atoms with van der Waals surface area (Å²) in [6.07, 6.45) is 1.89. The molecular formula is C10H14N2O2S. The lowest BCUT2D eigenvalue weighted by atomic mass is 10.0. The molecule has 1 aliphatic heterocycles. The minimum absolute atomic E-state index is 0.212. The van der Waals surface area contributed by atoms with Gasteiger partial charge >= 0.3 is 5.97 Å². The Balaban J connectivity index is 1.98. The van der Waals surface area contributed by atoms with Crippen molar-refractivity contribution in [3.63, 3.8) is 0 Å². The number of hydrogen-bond acceptors (Lipinski definition) is 4. The average molecular weight is 226 g/mol. The molecule has 0 atom stereocenters. The Hall–Kier alpha value is -1.10. The third kappa shape index (κ3) is 1.97. The molecule has 1 saturated heterocycles. The van der Waals surface area contributed by atoms with Gasteiger partial charge in [0.15, 0.2) is 5.13 Å². The molecule has 1 N–H and O–H groups in total. The van der Waals surface area contributed by atoms with E-state index in [1.54, 1.807) is 11.3 Å². The highest BCUT2D eigenvalue weighted by Gasteiger charge is 2.34. The van der Waals surface area contributed by atoms with E-state index in [1.807, 2.05) is 11.1 Å². The van der Waals surface area contributed by atoms with Crippen LogP contribution in [0, 0.1) is 5.92 Å². The molecule has 1 fully saturated rings. The number of nitrogens with zero attached hydrogens (tertiary/aromatic N) is 2. The monoisotopic (exact) mass is 226 g/mol. The maximum absolute atomic E-state index is 10.6. The van der Waals surface area contributed by atoms with E-state index in [0.717, 1.165) is 5.13 Å². The molecule has 0 bridgehead atoms. The third-order valence-electron chi connectivity index (χ3n) is 2.58. The van der Waals surface area contributed by atoms with Gasteiger partial charge in [0.2, 0.25) is 0 Å². The Labute approximate surface area is 92.6 Å². The zero-order valence-electron chi connectivity index (χ0n) is 8.80. The van der Waals surface area contributed by atoms with Crippen LogP contribution in [0.2, 0.25) is 0 Å². The minimum atomic E-state index is -0.702. The van der Waals surface area contributed by atoms with Crippen molar-refractivity contribution in [2.75, 3.05) is 18.0 Å². The highest BCUT2D eigenvalue weighted by atomic mass is 32.1. The first-order valence-corrected chi connectivity index (χ1v) is 5.83. The molecule has 0 aliphatic carbocycles. The van der Waals surface area contributed by atoms with Crippen molar-refractivity contribution in [3.8, 4) is 0 Å². The van der Waals surface area contributed by atoms with E-state index < -0.39 is 5.97 Å². The quantitative estimate of drug-likeness (QED) is 0.853. The Bertz CT molecular complexity index is 369. The van der Waals surface area contributed by atoms with Crippen molar-refractivity contribution in [2.45, 2.75) is 19.8 Å². The third-order valence-corrected chi connectivity index (χ3v) is 3.94. The van der Waals surface area contributed by atoms with Crippen molar-refractivity contribution in [1.29, 1.82) is 0 Å². The summed E-state index contributed by atoms with van der Waals surface area (Å²) in [7, 11) is 0. The molecule has 1 aromatic rings. The molecular weight excluding hydrogens is 212 g/mol. The van der Waals surface area contributed by atoms with Crippen LogP contribution in [0.15, 0.2) is 6.20 Å². The van der Waals surface area contributed by atoms with Crippen LogP contribution in [-0.4, -0.2) is 29.1 Å². The first kappa shape index (κ1) is 10.4. The molecule has 1 aliphatic rings. The first-order chi connectivity index (χ1) is 7.08. The molecule has 0 saturated carbocycles. The largest absolute Gasteiger partial charge is 0.481 e. The summed E-state index contributed by atoms with van der Waals surface area (Å²) >= 11 is 1.66. The number of rotatable bonds is 3. The Morgan fingerprint density at radius 1 is 1.67 bits per heavy atom. The highest BCUT2D eigenvalue weighted by molar-refractivity contribution is 7.15. The lowest BCUT2D eigenvalue weighted by molar-refractivity contribution is -0.142. The predicted molar refractivity (Wildman–Crippen MR) is 59.5 cm³/mol. The summed E-state index contributed by atoms with van der Waals surface area (Å²) in [5.74, 6) is -0.420. The SMILES string of the molecule is CC(C)c1cnc(N2CC(C(=O)O)C2)s1. The predicted octanol–water partition coefficient (Wildman–Crippen LogP) is 1.79. The topological polar surface area (TPSA) is 53.4 Å². The van der Waals surface area contributed by atoms with E-state index in [2.05, 4.69) is 18.8 Å². The van der Waals surface area contributed by atoms with Crippen LogP contribution in [-0.2, 0) is 4.79 Å². The molecule has 0 unspecified atom stereocenters. The lowest BCUT2D eigenvalue weighted by Crippen LogP contribution is -2.50. The fourth-order valence-corrected chi connectivity index (χ4v) is 2.42. The van der Waals surface area contributed by atoms with E-state index in [0.29, 0.717) is 19.0 Å². The van der Waals surface area contributed by atoms with Gasteiger partial charge in [-0.25, -0.2) is 4.98 Å². The number of carboxylic acids is 1. The number of carbonyl (C=O) groups is 1. The van der Waals surface area contributed by atoms with Crippen molar-refractivity contribution in [2.24, 2.45) is 5.92 Å². The van der Waals surface area contributed by atoms with Crippen molar-refractivity contribution in [3.05, 3.63) is 11.1 Å². The van der Waals surface area contributed by atoms with Crippen LogP contribution in [0.25, 0.3) is 0 Å². The van der Waals surface area contributed by atoms with Gasteiger partial charge in [-0.15, -0.1) is 11.3 Å². The normalized spacial score (nSPS) is 16.9. The van der Waals surface area contributed by atoms with Crippen LogP contribution < -0.4 is 4.90 Å². The van der Waals surface area contributed by atoms with Gasteiger partial charge in [0.1, 0.15) is 0 Å². The van der Waals surface area contributed by atoms with E-state index in [-0.39, 0.29) is 5.92 Å². The van der Waals surface area contributed by atoms with E-state index in [1.165, 1.54) is 4.88 Å². The summed E-state index contributed by atoms with van der Waals surface area (Å²) < 4.78 is 0. The Morgan fingerprint density at radius 2 is 2.33 bits per heavy atom. The second-order valence-electron chi connectivity index (χ2n) is 4.14. The molecule has 2 heterocycles. The molecule has 5 heteroatoms. The van der Waals surface area contributed by atoms with Gasteiger partial charge in [-0.3, -0.25) is 4.79 Å². The summed E-state index contributed by atoms with van der Waals surface area (Å²) in [5.41, 5.74) is 0. The van der Waals surface area contributed by atoms with E-state index in [4.69, 9.17) is 5.11 Å². The molecule has 0 spiro atoms. The van der Waals surface area contributed by atoms with Gasteiger partial charge in [0.25, 0.3) is 0 Å². The number of carboxylic acid groups (broad SMARTS) is 1. The number of aromatic nitrogens is 1. The van der Waals surface area contributed by atoms with Crippen LogP contribution in [0.5, 0.6) is 0 Å².